The highest BCUT2D eigenvalue weighted by Crippen LogP contribution is 2.15. The molecule has 2 N–H and O–H groups in total. The molecule has 3 nitrogen and oxygen atoms in total. The summed E-state index contributed by atoms with van der Waals surface area (Å²) in [7, 11) is 0. The molecule has 0 spiro atoms. The second-order valence-corrected chi connectivity index (χ2v) is 5.76. The molecule has 106 valence electrons. The summed E-state index contributed by atoms with van der Waals surface area (Å²) in [4.78, 5) is 4.28. The van der Waals surface area contributed by atoms with Gasteiger partial charge in [-0.3, -0.25) is 0 Å². The van der Waals surface area contributed by atoms with Crippen molar-refractivity contribution in [3.05, 3.63) is 60.3 Å². The maximum absolute atomic E-state index is 10.1. The number of thioether (sulfide) groups is 1. The van der Waals surface area contributed by atoms with Crippen LogP contribution in [0.4, 0.5) is 0 Å². The minimum atomic E-state index is -0.460. The number of benzene rings is 1. The predicted octanol–water partition coefficient (Wildman–Crippen LogP) is 2.89. The molecular weight excluding hydrogens is 268 g/mol. The number of hydrogen-bond donors (Lipinski definition) is 2. The number of pyridine rings is 1. The van der Waals surface area contributed by atoms with Crippen molar-refractivity contribution in [3.8, 4) is 0 Å². The summed E-state index contributed by atoms with van der Waals surface area (Å²) in [6.45, 7) is 2.68. The molecule has 0 radical (unpaired) electrons. The Morgan fingerprint density at radius 2 is 1.90 bits per heavy atom. The lowest BCUT2D eigenvalue weighted by molar-refractivity contribution is 0.172. The molecule has 2 rings (SSSR count). The van der Waals surface area contributed by atoms with Gasteiger partial charge in [-0.1, -0.05) is 36.4 Å². The van der Waals surface area contributed by atoms with Gasteiger partial charge < -0.3 is 10.4 Å². The number of rotatable bonds is 7. The molecule has 2 atom stereocenters. The van der Waals surface area contributed by atoms with Gasteiger partial charge >= 0.3 is 0 Å². The van der Waals surface area contributed by atoms with Crippen molar-refractivity contribution in [3.63, 3.8) is 0 Å². The Hall–Kier alpha value is -1.36. The summed E-state index contributed by atoms with van der Waals surface area (Å²) in [5, 5.41) is 14.5. The first-order chi connectivity index (χ1) is 9.75. The molecule has 0 aliphatic heterocycles. The fourth-order valence-electron chi connectivity index (χ4n) is 1.81. The van der Waals surface area contributed by atoms with Gasteiger partial charge in [0.15, 0.2) is 0 Å². The molecule has 0 bridgehead atoms. The average molecular weight is 288 g/mol. The van der Waals surface area contributed by atoms with E-state index in [0.29, 0.717) is 12.6 Å². The Bertz CT molecular complexity index is 492. The van der Waals surface area contributed by atoms with E-state index in [9.17, 15) is 5.11 Å². The fraction of sp³-hybridized carbons (Fsp3) is 0.312. The lowest BCUT2D eigenvalue weighted by atomic mass is 10.1. The molecule has 1 aromatic heterocycles. The van der Waals surface area contributed by atoms with Gasteiger partial charge in [-0.15, -0.1) is 11.8 Å². The zero-order valence-electron chi connectivity index (χ0n) is 11.6. The van der Waals surface area contributed by atoms with Gasteiger partial charge in [0.1, 0.15) is 0 Å². The van der Waals surface area contributed by atoms with Crippen LogP contribution in [0.2, 0.25) is 0 Å². The first-order valence-electron chi connectivity index (χ1n) is 6.76. The van der Waals surface area contributed by atoms with Gasteiger partial charge in [0.2, 0.25) is 0 Å². The second kappa shape index (κ2) is 8.04. The van der Waals surface area contributed by atoms with E-state index >= 15 is 0 Å². The van der Waals surface area contributed by atoms with Crippen molar-refractivity contribution in [1.82, 2.24) is 10.3 Å². The third-order valence-corrected chi connectivity index (χ3v) is 4.17. The van der Waals surface area contributed by atoms with E-state index in [1.165, 1.54) is 0 Å². The Labute approximate surface area is 124 Å². The largest absolute Gasteiger partial charge is 0.387 e. The smallest absolute Gasteiger partial charge is 0.0960 e. The van der Waals surface area contributed by atoms with E-state index in [1.807, 2.05) is 48.5 Å². The SMILES string of the molecule is CC(CSc1ccccn1)NCC(O)c1ccccc1. The molecule has 0 saturated carbocycles. The monoisotopic (exact) mass is 288 g/mol. The molecule has 1 heterocycles. The number of aliphatic hydroxyl groups excluding tert-OH is 1. The Balaban J connectivity index is 1.71. The molecule has 0 saturated heterocycles. The lowest BCUT2D eigenvalue weighted by Crippen LogP contribution is -2.32. The van der Waals surface area contributed by atoms with Gasteiger partial charge in [0, 0.05) is 24.5 Å². The Morgan fingerprint density at radius 1 is 1.15 bits per heavy atom. The maximum Gasteiger partial charge on any atom is 0.0960 e. The van der Waals surface area contributed by atoms with Crippen LogP contribution < -0.4 is 5.32 Å². The molecule has 0 aliphatic carbocycles. The van der Waals surface area contributed by atoms with Gasteiger partial charge in [-0.05, 0) is 24.6 Å². The number of nitrogens with zero attached hydrogens (tertiary/aromatic N) is 1. The van der Waals surface area contributed by atoms with Crippen molar-refractivity contribution >= 4 is 11.8 Å². The molecule has 0 fully saturated rings. The topological polar surface area (TPSA) is 45.2 Å². The van der Waals surface area contributed by atoms with Crippen LogP contribution in [0.1, 0.15) is 18.6 Å². The standard InChI is InChI=1S/C16H20N2OS/c1-13(12-20-16-9-5-6-10-17-16)18-11-15(19)14-7-3-2-4-8-14/h2-10,13,15,18-19H,11-12H2,1H3. The van der Waals surface area contributed by atoms with Crippen LogP contribution in [0.25, 0.3) is 0 Å². The normalized spacial score (nSPS) is 13.9. The predicted molar refractivity (Wildman–Crippen MR) is 83.8 cm³/mol. The van der Waals surface area contributed by atoms with Crippen molar-refractivity contribution in [2.24, 2.45) is 0 Å². The minimum absolute atomic E-state index is 0.320. The number of hydrogen-bond acceptors (Lipinski definition) is 4. The second-order valence-electron chi connectivity index (χ2n) is 4.71. The summed E-state index contributed by atoms with van der Waals surface area (Å²) in [6, 6.07) is 16.0. The Morgan fingerprint density at radius 3 is 2.60 bits per heavy atom. The van der Waals surface area contributed by atoms with Crippen molar-refractivity contribution in [2.75, 3.05) is 12.3 Å². The van der Waals surface area contributed by atoms with Crippen LogP contribution in [0.5, 0.6) is 0 Å². The summed E-state index contributed by atoms with van der Waals surface area (Å²) in [5.74, 6) is 0.929. The minimum Gasteiger partial charge on any atom is -0.387 e. The van der Waals surface area contributed by atoms with E-state index in [1.54, 1.807) is 18.0 Å². The van der Waals surface area contributed by atoms with E-state index in [4.69, 9.17) is 0 Å². The van der Waals surface area contributed by atoms with Crippen LogP contribution in [0, 0.1) is 0 Å². The van der Waals surface area contributed by atoms with Gasteiger partial charge in [-0.2, -0.15) is 0 Å². The van der Waals surface area contributed by atoms with Crippen LogP contribution >= 0.6 is 11.8 Å². The molecule has 0 aliphatic rings. The molecule has 2 unspecified atom stereocenters. The van der Waals surface area contributed by atoms with E-state index < -0.39 is 6.10 Å². The van der Waals surface area contributed by atoms with Crippen LogP contribution in [0.3, 0.4) is 0 Å². The quantitative estimate of drug-likeness (QED) is 0.769. The molecule has 1 aromatic carbocycles. The van der Waals surface area contributed by atoms with Crippen LogP contribution in [0.15, 0.2) is 59.8 Å². The highest BCUT2D eigenvalue weighted by Gasteiger charge is 2.09. The van der Waals surface area contributed by atoms with Crippen molar-refractivity contribution in [1.29, 1.82) is 0 Å². The summed E-state index contributed by atoms with van der Waals surface area (Å²) in [6.07, 6.45) is 1.35. The van der Waals surface area contributed by atoms with Gasteiger partial charge in [-0.25, -0.2) is 4.98 Å². The van der Waals surface area contributed by atoms with Crippen molar-refractivity contribution in [2.45, 2.75) is 24.1 Å². The van der Waals surface area contributed by atoms with E-state index in [2.05, 4.69) is 17.2 Å². The fourth-order valence-corrected chi connectivity index (χ4v) is 2.66. The highest BCUT2D eigenvalue weighted by molar-refractivity contribution is 7.99. The Kier molecular flexibility index (Phi) is 6.05. The van der Waals surface area contributed by atoms with E-state index in [0.717, 1.165) is 16.3 Å². The molecular formula is C16H20N2OS. The van der Waals surface area contributed by atoms with Gasteiger partial charge in [0.25, 0.3) is 0 Å². The molecule has 2 aromatic rings. The first kappa shape index (κ1) is 15.0. The summed E-state index contributed by atoms with van der Waals surface area (Å²) < 4.78 is 0. The third-order valence-electron chi connectivity index (χ3n) is 2.96. The van der Waals surface area contributed by atoms with Crippen LogP contribution in [-0.4, -0.2) is 28.4 Å². The first-order valence-corrected chi connectivity index (χ1v) is 7.74. The molecule has 4 heteroatoms. The van der Waals surface area contributed by atoms with E-state index in [-0.39, 0.29) is 0 Å². The van der Waals surface area contributed by atoms with Crippen molar-refractivity contribution < 1.29 is 5.11 Å². The summed E-state index contributed by atoms with van der Waals surface area (Å²) >= 11 is 1.72. The number of nitrogens with one attached hydrogen (secondary N) is 1. The number of aromatic nitrogens is 1. The molecule has 0 amide bonds. The maximum atomic E-state index is 10.1. The average Bonchev–Trinajstić information content (AvgIpc) is 2.52. The number of aliphatic hydroxyl groups is 1. The lowest BCUT2D eigenvalue weighted by Gasteiger charge is -2.17. The third kappa shape index (κ3) is 4.96. The zero-order chi connectivity index (χ0) is 14.2. The van der Waals surface area contributed by atoms with Crippen LogP contribution in [-0.2, 0) is 0 Å². The molecule has 20 heavy (non-hydrogen) atoms. The van der Waals surface area contributed by atoms with Gasteiger partial charge in [0.05, 0.1) is 11.1 Å². The summed E-state index contributed by atoms with van der Waals surface area (Å²) in [5.41, 5.74) is 0.949. The zero-order valence-corrected chi connectivity index (χ0v) is 12.4. The highest BCUT2D eigenvalue weighted by atomic mass is 32.2.